The van der Waals surface area contributed by atoms with Gasteiger partial charge in [0.25, 0.3) is 0 Å². The van der Waals surface area contributed by atoms with E-state index in [9.17, 15) is 0 Å². The predicted molar refractivity (Wildman–Crippen MR) is 56.7 cm³/mol. The summed E-state index contributed by atoms with van der Waals surface area (Å²) in [4.78, 5) is 0. The van der Waals surface area contributed by atoms with Gasteiger partial charge in [-0.25, -0.2) is 0 Å². The molecule has 0 aromatic rings. The highest BCUT2D eigenvalue weighted by molar-refractivity contribution is 4.87. The van der Waals surface area contributed by atoms with Crippen molar-refractivity contribution in [1.82, 2.24) is 5.32 Å². The molecule has 0 saturated carbocycles. The SMILES string of the molecule is CCCNC(COC)(COC)COC. The summed E-state index contributed by atoms with van der Waals surface area (Å²) < 4.78 is 15.6. The lowest BCUT2D eigenvalue weighted by molar-refractivity contribution is -0.00521. The standard InChI is InChI=1S/C10H23NO3/c1-5-6-11-10(7-12-2,8-13-3)9-14-4/h11H,5-9H2,1-4H3. The molecule has 0 aliphatic heterocycles. The van der Waals surface area contributed by atoms with Crippen LogP contribution in [0.15, 0.2) is 0 Å². The van der Waals surface area contributed by atoms with Crippen molar-refractivity contribution in [3.05, 3.63) is 0 Å². The molecule has 0 rings (SSSR count). The fourth-order valence-electron chi connectivity index (χ4n) is 1.50. The Morgan fingerprint density at radius 2 is 1.36 bits per heavy atom. The Balaban J connectivity index is 4.21. The summed E-state index contributed by atoms with van der Waals surface area (Å²) in [6.45, 7) is 4.85. The first-order chi connectivity index (χ1) is 6.74. The van der Waals surface area contributed by atoms with Crippen molar-refractivity contribution in [2.24, 2.45) is 0 Å². The monoisotopic (exact) mass is 205 g/mol. The third-order valence-corrected chi connectivity index (χ3v) is 2.01. The van der Waals surface area contributed by atoms with E-state index in [1.54, 1.807) is 21.3 Å². The highest BCUT2D eigenvalue weighted by Crippen LogP contribution is 2.07. The summed E-state index contributed by atoms with van der Waals surface area (Å²) in [6, 6.07) is 0. The fourth-order valence-corrected chi connectivity index (χ4v) is 1.50. The van der Waals surface area contributed by atoms with E-state index in [1.165, 1.54) is 0 Å². The number of nitrogens with one attached hydrogen (secondary N) is 1. The average Bonchev–Trinajstić information content (AvgIpc) is 2.16. The Morgan fingerprint density at radius 3 is 1.64 bits per heavy atom. The van der Waals surface area contributed by atoms with E-state index in [-0.39, 0.29) is 5.54 Å². The van der Waals surface area contributed by atoms with E-state index < -0.39 is 0 Å². The van der Waals surface area contributed by atoms with Crippen LogP contribution in [0.3, 0.4) is 0 Å². The van der Waals surface area contributed by atoms with Gasteiger partial charge < -0.3 is 19.5 Å². The van der Waals surface area contributed by atoms with Crippen molar-refractivity contribution in [1.29, 1.82) is 0 Å². The van der Waals surface area contributed by atoms with Crippen LogP contribution in [-0.4, -0.2) is 53.2 Å². The molecule has 0 aliphatic carbocycles. The number of hydrogen-bond donors (Lipinski definition) is 1. The highest BCUT2D eigenvalue weighted by Gasteiger charge is 2.29. The summed E-state index contributed by atoms with van der Waals surface area (Å²) in [5.74, 6) is 0. The van der Waals surface area contributed by atoms with Gasteiger partial charge in [-0.1, -0.05) is 6.92 Å². The first-order valence-corrected chi connectivity index (χ1v) is 4.96. The van der Waals surface area contributed by atoms with Crippen LogP contribution in [0.25, 0.3) is 0 Å². The van der Waals surface area contributed by atoms with Crippen molar-refractivity contribution < 1.29 is 14.2 Å². The van der Waals surface area contributed by atoms with Crippen LogP contribution in [0.4, 0.5) is 0 Å². The molecule has 1 N–H and O–H groups in total. The highest BCUT2D eigenvalue weighted by atomic mass is 16.5. The van der Waals surface area contributed by atoms with Gasteiger partial charge in [0.05, 0.1) is 25.4 Å². The minimum atomic E-state index is -0.214. The molecule has 0 aliphatic rings. The molecule has 0 bridgehead atoms. The van der Waals surface area contributed by atoms with Crippen LogP contribution in [-0.2, 0) is 14.2 Å². The van der Waals surface area contributed by atoms with Crippen LogP contribution in [0.1, 0.15) is 13.3 Å². The van der Waals surface area contributed by atoms with Crippen LogP contribution >= 0.6 is 0 Å². The first-order valence-electron chi connectivity index (χ1n) is 4.96. The van der Waals surface area contributed by atoms with Crippen LogP contribution in [0, 0.1) is 0 Å². The maximum Gasteiger partial charge on any atom is 0.0889 e. The lowest BCUT2D eigenvalue weighted by atomic mass is 10.0. The van der Waals surface area contributed by atoms with Gasteiger partial charge in [0, 0.05) is 21.3 Å². The van der Waals surface area contributed by atoms with Gasteiger partial charge in [0.1, 0.15) is 0 Å². The van der Waals surface area contributed by atoms with E-state index >= 15 is 0 Å². The molecular weight excluding hydrogens is 182 g/mol. The fraction of sp³-hybridized carbons (Fsp3) is 1.00. The summed E-state index contributed by atoms with van der Waals surface area (Å²) in [6.07, 6.45) is 1.08. The molecule has 0 radical (unpaired) electrons. The Bertz CT molecular complexity index is 114. The van der Waals surface area contributed by atoms with Gasteiger partial charge in [-0.15, -0.1) is 0 Å². The molecule has 0 saturated heterocycles. The number of ether oxygens (including phenoxy) is 3. The molecule has 0 aromatic carbocycles. The zero-order chi connectivity index (χ0) is 10.9. The Hall–Kier alpha value is -0.160. The third kappa shape index (κ3) is 4.91. The molecule has 14 heavy (non-hydrogen) atoms. The minimum absolute atomic E-state index is 0.214. The third-order valence-electron chi connectivity index (χ3n) is 2.01. The van der Waals surface area contributed by atoms with Crippen LogP contribution < -0.4 is 5.32 Å². The van der Waals surface area contributed by atoms with E-state index in [0.29, 0.717) is 19.8 Å². The molecule has 0 atom stereocenters. The lowest BCUT2D eigenvalue weighted by Crippen LogP contribution is -2.56. The van der Waals surface area contributed by atoms with Crippen molar-refractivity contribution in [2.75, 3.05) is 47.7 Å². The number of methoxy groups -OCH3 is 3. The van der Waals surface area contributed by atoms with Crippen molar-refractivity contribution >= 4 is 0 Å². The lowest BCUT2D eigenvalue weighted by Gasteiger charge is -2.32. The van der Waals surface area contributed by atoms with Crippen LogP contribution in [0.5, 0.6) is 0 Å². The second-order valence-corrected chi connectivity index (χ2v) is 3.51. The van der Waals surface area contributed by atoms with Gasteiger partial charge in [-0.3, -0.25) is 0 Å². The molecular formula is C10H23NO3. The molecule has 0 amide bonds. The Kier molecular flexibility index (Phi) is 8.08. The largest absolute Gasteiger partial charge is 0.383 e. The van der Waals surface area contributed by atoms with Gasteiger partial charge in [-0.05, 0) is 13.0 Å². The molecule has 86 valence electrons. The van der Waals surface area contributed by atoms with Crippen molar-refractivity contribution in [3.8, 4) is 0 Å². The second kappa shape index (κ2) is 8.17. The molecule has 0 unspecified atom stereocenters. The summed E-state index contributed by atoms with van der Waals surface area (Å²) in [5.41, 5.74) is -0.214. The predicted octanol–water partition coefficient (Wildman–Crippen LogP) is 0.664. The maximum absolute atomic E-state index is 5.19. The van der Waals surface area contributed by atoms with Crippen molar-refractivity contribution in [3.63, 3.8) is 0 Å². The number of hydrogen-bond acceptors (Lipinski definition) is 4. The quantitative estimate of drug-likeness (QED) is 0.600. The zero-order valence-electron chi connectivity index (χ0n) is 9.76. The molecule has 0 fully saturated rings. The first kappa shape index (κ1) is 13.8. The molecule has 0 aromatic heterocycles. The summed E-state index contributed by atoms with van der Waals surface area (Å²) in [7, 11) is 5.06. The minimum Gasteiger partial charge on any atom is -0.383 e. The maximum atomic E-state index is 5.19. The number of rotatable bonds is 9. The summed E-state index contributed by atoms with van der Waals surface area (Å²) in [5, 5.41) is 3.41. The zero-order valence-corrected chi connectivity index (χ0v) is 9.76. The van der Waals surface area contributed by atoms with E-state index in [0.717, 1.165) is 13.0 Å². The van der Waals surface area contributed by atoms with Gasteiger partial charge >= 0.3 is 0 Å². The smallest absolute Gasteiger partial charge is 0.0889 e. The van der Waals surface area contributed by atoms with Gasteiger partial charge in [0.2, 0.25) is 0 Å². The van der Waals surface area contributed by atoms with Gasteiger partial charge in [-0.2, -0.15) is 0 Å². The van der Waals surface area contributed by atoms with Crippen LogP contribution in [0.2, 0.25) is 0 Å². The van der Waals surface area contributed by atoms with Gasteiger partial charge in [0.15, 0.2) is 0 Å². The topological polar surface area (TPSA) is 39.7 Å². The normalized spacial score (nSPS) is 12.0. The molecule has 0 spiro atoms. The second-order valence-electron chi connectivity index (χ2n) is 3.51. The van der Waals surface area contributed by atoms with E-state index in [4.69, 9.17) is 14.2 Å². The van der Waals surface area contributed by atoms with E-state index in [2.05, 4.69) is 12.2 Å². The van der Waals surface area contributed by atoms with Crippen molar-refractivity contribution in [2.45, 2.75) is 18.9 Å². The Morgan fingerprint density at radius 1 is 0.929 bits per heavy atom. The van der Waals surface area contributed by atoms with E-state index in [1.807, 2.05) is 0 Å². The summed E-state index contributed by atoms with van der Waals surface area (Å²) >= 11 is 0. The Labute approximate surface area is 86.9 Å². The molecule has 0 heterocycles. The molecule has 4 nitrogen and oxygen atoms in total. The average molecular weight is 205 g/mol. The molecule has 4 heteroatoms.